The van der Waals surface area contributed by atoms with Crippen molar-refractivity contribution in [2.45, 2.75) is 0 Å². The summed E-state index contributed by atoms with van der Waals surface area (Å²) in [4.78, 5) is 21.9. The van der Waals surface area contributed by atoms with Gasteiger partial charge in [0, 0.05) is 43.4 Å². The first-order valence-corrected chi connectivity index (χ1v) is 23.7. The molecule has 4 aromatic heterocycles. The van der Waals surface area contributed by atoms with Crippen molar-refractivity contribution in [2.24, 2.45) is 0 Å². The fourth-order valence-electron chi connectivity index (χ4n) is 10.8. The van der Waals surface area contributed by atoms with Crippen LogP contribution >= 0.6 is 0 Å². The fraction of sp³-hybridized carbons (Fsp3) is 0. The van der Waals surface area contributed by atoms with Gasteiger partial charge in [-0.2, -0.15) is 0 Å². The van der Waals surface area contributed by atoms with Gasteiger partial charge in [-0.25, -0.2) is 19.9 Å². The lowest BCUT2D eigenvalue weighted by molar-refractivity contribution is 1.01. The minimum Gasteiger partial charge on any atom is -0.278 e. The average molecular weight is 893 g/mol. The Hall–Kier alpha value is -9.52. The van der Waals surface area contributed by atoms with Gasteiger partial charge < -0.3 is 0 Å². The van der Waals surface area contributed by atoms with Crippen molar-refractivity contribution in [1.82, 2.24) is 29.1 Å². The monoisotopic (exact) mass is 892 g/mol. The van der Waals surface area contributed by atoms with E-state index in [4.69, 9.17) is 19.9 Å². The molecule has 10 aromatic carbocycles. The van der Waals surface area contributed by atoms with Gasteiger partial charge in [0.05, 0.1) is 44.5 Å². The maximum atomic E-state index is 5.54. The van der Waals surface area contributed by atoms with E-state index in [1.54, 1.807) is 0 Å². The topological polar surface area (TPSA) is 61.4 Å². The quantitative estimate of drug-likeness (QED) is 0.177. The molecule has 70 heavy (non-hydrogen) atoms. The number of aromatic nitrogens is 6. The predicted molar refractivity (Wildman–Crippen MR) is 291 cm³/mol. The van der Waals surface area contributed by atoms with Crippen molar-refractivity contribution in [3.8, 4) is 34.4 Å². The van der Waals surface area contributed by atoms with E-state index in [9.17, 15) is 0 Å². The van der Waals surface area contributed by atoms with Crippen LogP contribution in [-0.2, 0) is 0 Å². The molecule has 0 saturated carbocycles. The van der Waals surface area contributed by atoms with Crippen LogP contribution in [-0.4, -0.2) is 29.1 Å². The van der Waals surface area contributed by atoms with Gasteiger partial charge in [-0.05, 0) is 68.7 Å². The van der Waals surface area contributed by atoms with Crippen molar-refractivity contribution in [2.75, 3.05) is 0 Å². The highest BCUT2D eigenvalue weighted by atomic mass is 15.2. The minimum atomic E-state index is 0.590. The number of benzene rings is 10. The third-order valence-corrected chi connectivity index (χ3v) is 13.8. The Balaban J connectivity index is 1.24. The van der Waals surface area contributed by atoms with Crippen LogP contribution in [0.15, 0.2) is 243 Å². The molecule has 0 amide bonds. The Morgan fingerprint density at radius 3 is 0.829 bits per heavy atom. The van der Waals surface area contributed by atoms with E-state index in [0.29, 0.717) is 11.9 Å². The molecule has 0 saturated heterocycles. The maximum absolute atomic E-state index is 5.54. The van der Waals surface area contributed by atoms with Gasteiger partial charge in [0.1, 0.15) is 0 Å². The van der Waals surface area contributed by atoms with Crippen molar-refractivity contribution >= 4 is 97.7 Å². The minimum absolute atomic E-state index is 0.590. The molecule has 6 nitrogen and oxygen atoms in total. The third-order valence-electron chi connectivity index (χ3n) is 13.8. The van der Waals surface area contributed by atoms with E-state index in [-0.39, 0.29) is 0 Å². The summed E-state index contributed by atoms with van der Waals surface area (Å²) >= 11 is 0. The molecule has 0 atom stereocenters. The Morgan fingerprint density at radius 1 is 0.214 bits per heavy atom. The SMILES string of the molecule is c1ccc(-c2nc(-n3c4ccccc4c4cccc5c6ccccc6n(-c6nc(-c7ccccc7)c7ccccc7n6)c6ccccc6c6cccc(c7ccccc73)c6c45)nc3ccccc23)cc1. The first-order chi connectivity index (χ1) is 34.8. The summed E-state index contributed by atoms with van der Waals surface area (Å²) in [5.74, 6) is 1.18. The van der Waals surface area contributed by atoms with Crippen molar-refractivity contribution in [3.05, 3.63) is 243 Å². The standard InChI is InChI=1S/C64H40N6/c1-3-21-41(22-4-1)61-51-29-7-13-35-53(51)65-63(67-61)69-55-37-15-9-25-43(55)47-31-19-33-49-45-27-11-17-39-57(45)70(64-66-54-36-14-8-30-52(54)62(68-64)42-23-5-2-6-24-42)58-40-18-12-28-46(58)50-34-20-32-48(60(50)59(47)49)44-26-10-16-38-56(44)69/h1-40H. The second-order valence-electron chi connectivity index (χ2n) is 17.7. The summed E-state index contributed by atoms with van der Waals surface area (Å²) in [6.07, 6.45) is 0. The predicted octanol–water partition coefficient (Wildman–Crippen LogP) is 16.2. The van der Waals surface area contributed by atoms with Gasteiger partial charge in [-0.1, -0.05) is 206 Å². The lowest BCUT2D eigenvalue weighted by Crippen LogP contribution is -2.05. The van der Waals surface area contributed by atoms with Gasteiger partial charge in [-0.3, -0.25) is 9.13 Å². The summed E-state index contributed by atoms with van der Waals surface area (Å²) in [6.45, 7) is 0. The average Bonchev–Trinajstić information content (AvgIpc) is 3.50. The lowest BCUT2D eigenvalue weighted by atomic mass is 9.94. The van der Waals surface area contributed by atoms with E-state index in [1.165, 1.54) is 0 Å². The van der Waals surface area contributed by atoms with Crippen LogP contribution < -0.4 is 0 Å². The number of hydrogen-bond acceptors (Lipinski definition) is 4. The van der Waals surface area contributed by atoms with Crippen LogP contribution in [0.4, 0.5) is 0 Å². The van der Waals surface area contributed by atoms with Crippen molar-refractivity contribution in [3.63, 3.8) is 0 Å². The summed E-state index contributed by atoms with van der Waals surface area (Å²) in [7, 11) is 0. The van der Waals surface area contributed by atoms with Gasteiger partial charge in [-0.15, -0.1) is 0 Å². The van der Waals surface area contributed by atoms with Crippen LogP contribution in [0.2, 0.25) is 0 Å². The normalized spacial score (nSPS) is 11.7. The molecule has 0 spiro atoms. The van der Waals surface area contributed by atoms with Crippen LogP contribution in [0.5, 0.6) is 0 Å². The first kappa shape index (κ1) is 39.6. The molecular weight excluding hydrogens is 853 g/mol. The zero-order valence-corrected chi connectivity index (χ0v) is 37.8. The Kier molecular flexibility index (Phi) is 9.10. The number of nitrogens with zero attached hydrogens (tertiary/aromatic N) is 6. The molecule has 0 bridgehead atoms. The van der Waals surface area contributed by atoms with Gasteiger partial charge in [0.15, 0.2) is 0 Å². The zero-order valence-electron chi connectivity index (χ0n) is 37.8. The van der Waals surface area contributed by atoms with Gasteiger partial charge in [0.2, 0.25) is 11.9 Å². The van der Waals surface area contributed by atoms with Crippen molar-refractivity contribution < 1.29 is 0 Å². The second kappa shape index (κ2) is 16.1. The highest BCUT2D eigenvalue weighted by Gasteiger charge is 2.20. The second-order valence-corrected chi connectivity index (χ2v) is 17.7. The summed E-state index contributed by atoms with van der Waals surface area (Å²) in [6, 6.07) is 86.0. The van der Waals surface area contributed by atoms with Crippen LogP contribution in [0.25, 0.3) is 132 Å². The van der Waals surface area contributed by atoms with E-state index >= 15 is 0 Å². The van der Waals surface area contributed by atoms with Crippen molar-refractivity contribution in [1.29, 1.82) is 0 Å². The zero-order chi connectivity index (χ0) is 46.1. The van der Waals surface area contributed by atoms with Gasteiger partial charge in [0.25, 0.3) is 0 Å². The molecule has 0 aliphatic heterocycles. The van der Waals surface area contributed by atoms with E-state index in [0.717, 1.165) is 120 Å². The highest BCUT2D eigenvalue weighted by molar-refractivity contribution is 6.33. The molecule has 0 N–H and O–H groups in total. The fourth-order valence-corrected chi connectivity index (χ4v) is 10.8. The molecule has 0 fully saturated rings. The Bertz CT molecular complexity index is 4090. The lowest BCUT2D eigenvalue weighted by Gasteiger charge is -2.15. The Labute approximate surface area is 402 Å². The molecule has 0 aliphatic carbocycles. The molecule has 14 aromatic rings. The highest BCUT2D eigenvalue weighted by Crippen LogP contribution is 2.42. The van der Waals surface area contributed by atoms with E-state index < -0.39 is 0 Å². The first-order valence-electron chi connectivity index (χ1n) is 23.7. The largest absolute Gasteiger partial charge is 0.278 e. The summed E-state index contributed by atoms with van der Waals surface area (Å²) < 4.78 is 4.55. The number of rotatable bonds is 4. The molecule has 0 aliphatic rings. The molecule has 0 unspecified atom stereocenters. The summed E-state index contributed by atoms with van der Waals surface area (Å²) in [5, 5.41) is 12.9. The van der Waals surface area contributed by atoms with Crippen LogP contribution in [0.1, 0.15) is 0 Å². The number of fused-ring (bicyclic) bond motifs is 10. The number of hydrogen-bond donors (Lipinski definition) is 0. The third kappa shape index (κ3) is 6.20. The molecule has 14 rings (SSSR count). The number of para-hydroxylation sites is 6. The van der Waals surface area contributed by atoms with E-state index in [1.807, 2.05) is 12.1 Å². The van der Waals surface area contributed by atoms with Crippen LogP contribution in [0.3, 0.4) is 0 Å². The molecule has 6 heteroatoms. The molecular formula is C64H40N6. The Morgan fingerprint density at radius 2 is 0.486 bits per heavy atom. The van der Waals surface area contributed by atoms with Crippen LogP contribution in [0, 0.1) is 0 Å². The smallest absolute Gasteiger partial charge is 0.235 e. The maximum Gasteiger partial charge on any atom is 0.235 e. The van der Waals surface area contributed by atoms with Gasteiger partial charge >= 0.3 is 0 Å². The molecule has 4 heterocycles. The summed E-state index contributed by atoms with van der Waals surface area (Å²) in [5.41, 5.74) is 9.46. The van der Waals surface area contributed by atoms with E-state index in [2.05, 4.69) is 240 Å². The molecule has 326 valence electrons. The molecule has 0 radical (unpaired) electrons.